The number of rotatable bonds is 3. The third-order valence-electron chi connectivity index (χ3n) is 3.32. The molecule has 3 unspecified atom stereocenters. The molecule has 0 aromatic rings. The summed E-state index contributed by atoms with van der Waals surface area (Å²) in [5.41, 5.74) is 0. The zero-order valence-corrected chi connectivity index (χ0v) is 10.3. The topological polar surface area (TPSA) is 32.3 Å². The number of amides is 1. The maximum atomic E-state index is 12.7. The Kier molecular flexibility index (Phi) is 4.41. The van der Waals surface area contributed by atoms with Crippen LogP contribution >= 0.6 is 0 Å². The van der Waals surface area contributed by atoms with Gasteiger partial charge in [0.15, 0.2) is 0 Å². The summed E-state index contributed by atoms with van der Waals surface area (Å²) in [6.07, 6.45) is -3.82. The summed E-state index contributed by atoms with van der Waals surface area (Å²) in [5.74, 6) is -1.50. The van der Waals surface area contributed by atoms with Crippen molar-refractivity contribution in [3.05, 3.63) is 0 Å². The van der Waals surface area contributed by atoms with Gasteiger partial charge in [-0.15, -0.1) is 0 Å². The number of nitrogens with one attached hydrogen (secondary N) is 1. The van der Waals surface area contributed by atoms with Gasteiger partial charge < -0.3 is 10.2 Å². The van der Waals surface area contributed by atoms with E-state index in [1.807, 2.05) is 0 Å². The molecule has 1 aliphatic carbocycles. The number of carbonyl (C=O) groups excluding carboxylic acids is 1. The summed E-state index contributed by atoms with van der Waals surface area (Å²) in [4.78, 5) is 13.0. The quantitative estimate of drug-likeness (QED) is 0.830. The normalized spacial score (nSPS) is 29.7. The average molecular weight is 252 g/mol. The van der Waals surface area contributed by atoms with E-state index in [-0.39, 0.29) is 24.8 Å². The third kappa shape index (κ3) is 3.59. The number of likely N-dealkylation sites (N-methyl/N-ethyl adjacent to an activating group) is 1. The van der Waals surface area contributed by atoms with E-state index in [0.717, 1.165) is 0 Å². The number of alkyl halides is 3. The smallest absolute Gasteiger partial charge is 0.352 e. The zero-order chi connectivity index (χ0) is 13.2. The Balaban J connectivity index is 2.71. The molecule has 17 heavy (non-hydrogen) atoms. The van der Waals surface area contributed by atoms with Crippen LogP contribution < -0.4 is 5.32 Å². The highest BCUT2D eigenvalue weighted by Crippen LogP contribution is 2.40. The highest BCUT2D eigenvalue weighted by molar-refractivity contribution is 5.75. The summed E-state index contributed by atoms with van der Waals surface area (Å²) >= 11 is 0. The van der Waals surface area contributed by atoms with Gasteiger partial charge in [-0.2, -0.15) is 13.2 Å². The van der Waals surface area contributed by atoms with Crippen molar-refractivity contribution in [3.63, 3.8) is 0 Å². The Hall–Kier alpha value is -0.780. The van der Waals surface area contributed by atoms with Crippen molar-refractivity contribution in [1.82, 2.24) is 10.2 Å². The molecule has 1 aliphatic rings. The van der Waals surface area contributed by atoms with Gasteiger partial charge in [-0.05, 0) is 26.9 Å². The van der Waals surface area contributed by atoms with Gasteiger partial charge in [0.05, 0.1) is 5.92 Å². The van der Waals surface area contributed by atoms with E-state index in [1.54, 1.807) is 25.9 Å². The number of nitrogens with zero attached hydrogens (tertiary/aromatic N) is 1. The molecule has 0 aromatic heterocycles. The first kappa shape index (κ1) is 14.3. The van der Waals surface area contributed by atoms with Crippen LogP contribution in [0, 0.1) is 5.92 Å². The van der Waals surface area contributed by atoms with Gasteiger partial charge >= 0.3 is 6.18 Å². The van der Waals surface area contributed by atoms with Crippen LogP contribution in [0.1, 0.15) is 26.2 Å². The summed E-state index contributed by atoms with van der Waals surface area (Å²) in [5, 5.41) is 2.68. The number of carbonyl (C=O) groups is 1. The van der Waals surface area contributed by atoms with Crippen LogP contribution in [0.25, 0.3) is 0 Å². The van der Waals surface area contributed by atoms with Gasteiger partial charge in [-0.25, -0.2) is 0 Å². The van der Waals surface area contributed by atoms with E-state index in [0.29, 0.717) is 6.42 Å². The van der Waals surface area contributed by atoms with Crippen LogP contribution in [0.3, 0.4) is 0 Å². The second kappa shape index (κ2) is 5.25. The predicted octanol–water partition coefficient (Wildman–Crippen LogP) is 1.78. The highest BCUT2D eigenvalue weighted by Gasteiger charge is 2.49. The molecule has 100 valence electrons. The molecule has 3 atom stereocenters. The Morgan fingerprint density at radius 1 is 1.35 bits per heavy atom. The second-order valence-corrected chi connectivity index (χ2v) is 4.77. The minimum absolute atomic E-state index is 0.0158. The molecule has 0 saturated heterocycles. The molecule has 0 aliphatic heterocycles. The molecule has 0 heterocycles. The van der Waals surface area contributed by atoms with Crippen molar-refractivity contribution >= 4 is 5.91 Å². The average Bonchev–Trinajstić information content (AvgIpc) is 2.61. The van der Waals surface area contributed by atoms with Gasteiger partial charge in [0.1, 0.15) is 0 Å². The van der Waals surface area contributed by atoms with Gasteiger partial charge in [0.2, 0.25) is 5.91 Å². The van der Waals surface area contributed by atoms with Gasteiger partial charge in [0, 0.05) is 18.5 Å². The summed E-state index contributed by atoms with van der Waals surface area (Å²) in [7, 11) is 3.49. The van der Waals surface area contributed by atoms with Crippen molar-refractivity contribution in [3.8, 4) is 0 Å². The molecule has 1 N–H and O–H groups in total. The minimum atomic E-state index is -4.17. The molecule has 1 fully saturated rings. The zero-order valence-electron chi connectivity index (χ0n) is 10.3. The van der Waals surface area contributed by atoms with E-state index in [2.05, 4.69) is 5.32 Å². The van der Waals surface area contributed by atoms with Gasteiger partial charge in [0.25, 0.3) is 0 Å². The lowest BCUT2D eigenvalue weighted by molar-refractivity contribution is -0.173. The lowest BCUT2D eigenvalue weighted by atomic mass is 10.1. The fourth-order valence-corrected chi connectivity index (χ4v) is 2.32. The van der Waals surface area contributed by atoms with Crippen molar-refractivity contribution in [2.75, 3.05) is 14.1 Å². The monoisotopic (exact) mass is 252 g/mol. The first-order valence-electron chi connectivity index (χ1n) is 5.78. The van der Waals surface area contributed by atoms with E-state index in [1.165, 1.54) is 0 Å². The minimum Gasteiger partial charge on any atom is -0.352 e. The van der Waals surface area contributed by atoms with E-state index >= 15 is 0 Å². The maximum Gasteiger partial charge on any atom is 0.391 e. The van der Waals surface area contributed by atoms with Crippen LogP contribution in [-0.4, -0.2) is 43.2 Å². The molecule has 1 saturated carbocycles. The molecule has 0 radical (unpaired) electrons. The fraction of sp³-hybridized carbons (Fsp3) is 0.909. The Morgan fingerprint density at radius 2 is 1.94 bits per heavy atom. The van der Waals surface area contributed by atoms with Gasteiger partial charge in [-0.1, -0.05) is 6.92 Å². The fourth-order valence-electron chi connectivity index (χ4n) is 2.32. The SMILES string of the molecule is CCC(=O)NC1CC(C(F)(F)F)CC1N(C)C. The van der Waals surface area contributed by atoms with Crippen molar-refractivity contribution < 1.29 is 18.0 Å². The lowest BCUT2D eigenvalue weighted by Gasteiger charge is -2.26. The third-order valence-corrected chi connectivity index (χ3v) is 3.32. The Labute approximate surface area is 99.4 Å². The van der Waals surface area contributed by atoms with Gasteiger partial charge in [-0.3, -0.25) is 4.79 Å². The van der Waals surface area contributed by atoms with Crippen LogP contribution in [-0.2, 0) is 4.79 Å². The van der Waals surface area contributed by atoms with E-state index in [4.69, 9.17) is 0 Å². The summed E-state index contributed by atoms with van der Waals surface area (Å²) in [6.45, 7) is 1.69. The molecule has 0 aromatic carbocycles. The maximum absolute atomic E-state index is 12.7. The van der Waals surface area contributed by atoms with Crippen molar-refractivity contribution in [2.24, 2.45) is 5.92 Å². The summed E-state index contributed by atoms with van der Waals surface area (Å²) < 4.78 is 38.0. The molecule has 6 heteroatoms. The molecular formula is C11H19F3N2O. The standard InChI is InChI=1S/C11H19F3N2O/c1-4-10(17)15-8-5-7(11(12,13)14)6-9(8)16(2)3/h7-9H,4-6H2,1-3H3,(H,15,17). The van der Waals surface area contributed by atoms with Crippen LogP contribution in [0.5, 0.6) is 0 Å². The second-order valence-electron chi connectivity index (χ2n) is 4.77. The molecule has 0 spiro atoms. The largest absolute Gasteiger partial charge is 0.391 e. The Morgan fingerprint density at radius 3 is 2.35 bits per heavy atom. The first-order valence-corrected chi connectivity index (χ1v) is 5.78. The van der Waals surface area contributed by atoms with Crippen LogP contribution in [0.2, 0.25) is 0 Å². The summed E-state index contributed by atoms with van der Waals surface area (Å²) in [6, 6.07) is -0.638. The van der Waals surface area contributed by atoms with E-state index < -0.39 is 18.1 Å². The van der Waals surface area contributed by atoms with Crippen molar-refractivity contribution in [1.29, 1.82) is 0 Å². The Bertz CT molecular complexity index is 278. The number of hydrogen-bond acceptors (Lipinski definition) is 2. The van der Waals surface area contributed by atoms with Crippen LogP contribution in [0.15, 0.2) is 0 Å². The van der Waals surface area contributed by atoms with Crippen LogP contribution in [0.4, 0.5) is 13.2 Å². The number of halogens is 3. The van der Waals surface area contributed by atoms with E-state index in [9.17, 15) is 18.0 Å². The highest BCUT2D eigenvalue weighted by atomic mass is 19.4. The number of hydrogen-bond donors (Lipinski definition) is 1. The molecule has 0 bridgehead atoms. The first-order chi connectivity index (χ1) is 7.75. The molecule has 1 amide bonds. The van der Waals surface area contributed by atoms with Crippen molar-refractivity contribution in [2.45, 2.75) is 44.4 Å². The molecular weight excluding hydrogens is 233 g/mol. The predicted molar refractivity (Wildman–Crippen MR) is 58.5 cm³/mol. The molecule has 1 rings (SSSR count). The molecule has 3 nitrogen and oxygen atoms in total. The lowest BCUT2D eigenvalue weighted by Crippen LogP contribution is -2.45.